The molecule has 0 bridgehead atoms. The number of carbonyl (C=O) groups excluding carboxylic acids is 1. The van der Waals surface area contributed by atoms with E-state index in [0.717, 1.165) is 19.3 Å². The predicted octanol–water partition coefficient (Wildman–Crippen LogP) is 3.35. The van der Waals surface area contributed by atoms with Crippen LogP contribution in [0.2, 0.25) is 5.02 Å². The highest BCUT2D eigenvalue weighted by Gasteiger charge is 2.42. The Morgan fingerprint density at radius 1 is 1.33 bits per heavy atom. The van der Waals surface area contributed by atoms with Gasteiger partial charge in [-0.05, 0) is 31.4 Å². The quantitative estimate of drug-likeness (QED) is 0.372. The van der Waals surface area contributed by atoms with E-state index in [1.807, 2.05) is 0 Å². The van der Waals surface area contributed by atoms with Crippen LogP contribution < -0.4 is 10.6 Å². The van der Waals surface area contributed by atoms with Crippen molar-refractivity contribution < 1.29 is 13.9 Å². The average molecular weight is 511 g/mol. The third-order valence-corrected chi connectivity index (χ3v) is 5.30. The molecule has 9 heteroatoms. The van der Waals surface area contributed by atoms with Crippen LogP contribution in [-0.4, -0.2) is 56.3 Å². The molecule has 1 saturated carbocycles. The number of nitrogens with zero attached hydrogens (tertiary/aromatic N) is 2. The van der Waals surface area contributed by atoms with Crippen LogP contribution in [0.5, 0.6) is 0 Å². The normalized spacial score (nSPS) is 22.7. The molecule has 2 atom stereocenters. The van der Waals surface area contributed by atoms with Gasteiger partial charge < -0.3 is 20.3 Å². The Kier molecular flexibility index (Phi) is 7.96. The van der Waals surface area contributed by atoms with E-state index in [4.69, 9.17) is 16.3 Å². The first-order valence-electron chi connectivity index (χ1n) is 8.80. The maximum absolute atomic E-state index is 14.0. The second-order valence-corrected chi connectivity index (χ2v) is 7.08. The Morgan fingerprint density at radius 2 is 2.04 bits per heavy atom. The lowest BCUT2D eigenvalue weighted by Crippen LogP contribution is -2.50. The van der Waals surface area contributed by atoms with E-state index in [0.29, 0.717) is 29.6 Å². The molecule has 2 unspecified atom stereocenters. The lowest BCUT2D eigenvalue weighted by atomic mass is 10.1. The van der Waals surface area contributed by atoms with Crippen molar-refractivity contribution >= 4 is 47.6 Å². The van der Waals surface area contributed by atoms with E-state index in [9.17, 15) is 9.18 Å². The molecule has 1 heterocycles. The average Bonchev–Trinajstić information content (AvgIpc) is 3.39. The van der Waals surface area contributed by atoms with Crippen LogP contribution in [0.15, 0.2) is 23.2 Å². The van der Waals surface area contributed by atoms with Gasteiger partial charge in [0.25, 0.3) is 0 Å². The first kappa shape index (κ1) is 22.0. The summed E-state index contributed by atoms with van der Waals surface area (Å²) in [5.74, 6) is 0.495. The molecule has 1 amide bonds. The molecule has 6 nitrogen and oxygen atoms in total. The predicted molar refractivity (Wildman–Crippen MR) is 115 cm³/mol. The van der Waals surface area contributed by atoms with Gasteiger partial charge in [0.15, 0.2) is 5.96 Å². The second-order valence-electron chi connectivity index (χ2n) is 6.68. The third-order valence-electron chi connectivity index (χ3n) is 4.98. The fraction of sp³-hybridized carbons (Fsp3) is 0.556. The highest BCUT2D eigenvalue weighted by molar-refractivity contribution is 14.0. The van der Waals surface area contributed by atoms with Gasteiger partial charge in [-0.1, -0.05) is 17.7 Å². The summed E-state index contributed by atoms with van der Waals surface area (Å²) in [6.07, 6.45) is 2.18. The molecule has 1 aliphatic carbocycles. The van der Waals surface area contributed by atoms with Crippen molar-refractivity contribution in [3.8, 4) is 0 Å². The monoisotopic (exact) mass is 510 g/mol. The summed E-state index contributed by atoms with van der Waals surface area (Å²) in [6, 6.07) is 5.13. The summed E-state index contributed by atoms with van der Waals surface area (Å²) in [4.78, 5) is 17.5. The van der Waals surface area contributed by atoms with Gasteiger partial charge in [-0.2, -0.15) is 0 Å². The minimum atomic E-state index is -0.284. The fourth-order valence-electron chi connectivity index (χ4n) is 3.41. The van der Waals surface area contributed by atoms with Gasteiger partial charge >= 0.3 is 6.09 Å². The Balaban J connectivity index is 0.00000261. The SMILES string of the molecule is CN=C(NC1CCN(C(=O)OC)CC1)NC1CC1c1c(F)cccc1Cl.I. The van der Waals surface area contributed by atoms with Gasteiger partial charge in [-0.3, -0.25) is 4.99 Å². The van der Waals surface area contributed by atoms with E-state index in [-0.39, 0.29) is 53.9 Å². The number of guanidine groups is 1. The molecular formula is C18H25ClFIN4O2. The summed E-state index contributed by atoms with van der Waals surface area (Å²) in [7, 11) is 3.11. The van der Waals surface area contributed by atoms with E-state index in [2.05, 4.69) is 15.6 Å². The number of hydrogen-bond donors (Lipinski definition) is 2. The molecule has 1 aliphatic heterocycles. The van der Waals surface area contributed by atoms with Crippen LogP contribution in [0.3, 0.4) is 0 Å². The lowest BCUT2D eigenvalue weighted by Gasteiger charge is -2.32. The molecule has 1 aromatic rings. The van der Waals surface area contributed by atoms with Crippen LogP contribution in [0.25, 0.3) is 0 Å². The van der Waals surface area contributed by atoms with Gasteiger partial charge in [-0.25, -0.2) is 9.18 Å². The zero-order valence-electron chi connectivity index (χ0n) is 15.4. The van der Waals surface area contributed by atoms with E-state index >= 15 is 0 Å². The zero-order chi connectivity index (χ0) is 18.7. The van der Waals surface area contributed by atoms with Crippen molar-refractivity contribution in [1.82, 2.24) is 15.5 Å². The van der Waals surface area contributed by atoms with Gasteiger partial charge in [0.1, 0.15) is 5.82 Å². The number of halogens is 3. The summed E-state index contributed by atoms with van der Waals surface area (Å²) < 4.78 is 18.8. The topological polar surface area (TPSA) is 66.0 Å². The van der Waals surface area contributed by atoms with E-state index < -0.39 is 0 Å². The van der Waals surface area contributed by atoms with Crippen molar-refractivity contribution in [2.75, 3.05) is 27.2 Å². The Morgan fingerprint density at radius 3 is 2.63 bits per heavy atom. The third kappa shape index (κ3) is 5.37. The fourth-order valence-corrected chi connectivity index (χ4v) is 3.72. The zero-order valence-corrected chi connectivity index (χ0v) is 18.5. The molecule has 0 spiro atoms. The minimum absolute atomic E-state index is 0. The van der Waals surface area contributed by atoms with Crippen LogP contribution in [0, 0.1) is 5.82 Å². The molecule has 1 aromatic carbocycles. The number of amides is 1. The van der Waals surface area contributed by atoms with Crippen molar-refractivity contribution in [2.24, 2.45) is 4.99 Å². The largest absolute Gasteiger partial charge is 0.453 e. The standard InChI is InChI=1S/C18H24ClFN4O2.HI/c1-21-17(22-11-6-8-24(9-7-11)18(25)26-2)23-15-10-12(15)16-13(19)4-3-5-14(16)20;/h3-5,11-12,15H,6-10H2,1-2H3,(H2,21,22,23);1H. The summed E-state index contributed by atoms with van der Waals surface area (Å²) in [5, 5.41) is 7.20. The number of nitrogens with one attached hydrogen (secondary N) is 2. The highest BCUT2D eigenvalue weighted by Crippen LogP contribution is 2.44. The number of piperidine rings is 1. The Hall–Kier alpha value is -1.29. The van der Waals surface area contributed by atoms with Crippen molar-refractivity contribution in [2.45, 2.75) is 37.3 Å². The Bertz CT molecular complexity index is 678. The molecule has 0 radical (unpaired) electrons. The van der Waals surface area contributed by atoms with Crippen LogP contribution in [0.1, 0.15) is 30.7 Å². The summed E-state index contributed by atoms with van der Waals surface area (Å²) in [5.41, 5.74) is 0.577. The smallest absolute Gasteiger partial charge is 0.409 e. The summed E-state index contributed by atoms with van der Waals surface area (Å²) in [6.45, 7) is 1.30. The number of ether oxygens (including phenoxy) is 1. The van der Waals surface area contributed by atoms with Gasteiger partial charge in [0.05, 0.1) is 7.11 Å². The second kappa shape index (κ2) is 9.77. The first-order valence-corrected chi connectivity index (χ1v) is 9.18. The molecule has 3 rings (SSSR count). The van der Waals surface area contributed by atoms with Gasteiger partial charge in [-0.15, -0.1) is 24.0 Å². The molecule has 27 heavy (non-hydrogen) atoms. The molecular weight excluding hydrogens is 486 g/mol. The minimum Gasteiger partial charge on any atom is -0.453 e. The number of aliphatic imine (C=N–C) groups is 1. The number of rotatable bonds is 3. The van der Waals surface area contributed by atoms with Crippen molar-refractivity contribution in [1.29, 1.82) is 0 Å². The van der Waals surface area contributed by atoms with Crippen LogP contribution in [-0.2, 0) is 4.74 Å². The highest BCUT2D eigenvalue weighted by atomic mass is 127. The molecule has 2 aliphatic rings. The molecule has 0 aromatic heterocycles. The molecule has 2 N–H and O–H groups in total. The molecule has 1 saturated heterocycles. The summed E-state index contributed by atoms with van der Waals surface area (Å²) >= 11 is 6.15. The molecule has 150 valence electrons. The number of carbonyl (C=O) groups is 1. The number of methoxy groups -OCH3 is 1. The number of likely N-dealkylation sites (tertiary alicyclic amines) is 1. The number of hydrogen-bond acceptors (Lipinski definition) is 3. The van der Waals surface area contributed by atoms with Gasteiger partial charge in [0.2, 0.25) is 0 Å². The van der Waals surface area contributed by atoms with Crippen LogP contribution in [0.4, 0.5) is 9.18 Å². The van der Waals surface area contributed by atoms with E-state index in [1.54, 1.807) is 24.1 Å². The molecule has 2 fully saturated rings. The maximum atomic E-state index is 14.0. The first-order chi connectivity index (χ1) is 12.5. The van der Waals surface area contributed by atoms with Gasteiger partial charge in [0, 0.05) is 48.7 Å². The lowest BCUT2D eigenvalue weighted by molar-refractivity contribution is 0.111. The Labute approximate surface area is 180 Å². The van der Waals surface area contributed by atoms with Crippen molar-refractivity contribution in [3.05, 3.63) is 34.6 Å². The van der Waals surface area contributed by atoms with Crippen molar-refractivity contribution in [3.63, 3.8) is 0 Å². The van der Waals surface area contributed by atoms with Crippen LogP contribution >= 0.6 is 35.6 Å². The number of benzene rings is 1. The maximum Gasteiger partial charge on any atom is 0.409 e. The van der Waals surface area contributed by atoms with E-state index in [1.165, 1.54) is 13.2 Å².